The number of benzene rings is 1. The Morgan fingerprint density at radius 2 is 1.84 bits per heavy atom. The van der Waals surface area contributed by atoms with Crippen molar-refractivity contribution >= 4 is 23.4 Å². The van der Waals surface area contributed by atoms with Gasteiger partial charge in [-0.2, -0.15) is 13.2 Å². The number of aromatic nitrogens is 2. The first-order chi connectivity index (χ1) is 14.5. The van der Waals surface area contributed by atoms with Crippen LogP contribution in [0.4, 0.5) is 13.2 Å². The van der Waals surface area contributed by atoms with Gasteiger partial charge in [0.05, 0.1) is 12.2 Å². The van der Waals surface area contributed by atoms with E-state index in [2.05, 4.69) is 10.3 Å². The number of carbonyl (C=O) groups excluding carboxylic acids is 2. The molecule has 0 saturated heterocycles. The van der Waals surface area contributed by atoms with Crippen molar-refractivity contribution in [2.24, 2.45) is 0 Å². The molecule has 1 aromatic carbocycles. The lowest BCUT2D eigenvalue weighted by molar-refractivity contribution is -0.135. The van der Waals surface area contributed by atoms with Gasteiger partial charge in [-0.25, -0.2) is 4.98 Å². The molecule has 0 bridgehead atoms. The number of nitrogens with one attached hydrogen (secondary N) is 1. The zero-order chi connectivity index (χ0) is 23.2. The Morgan fingerprint density at radius 3 is 2.42 bits per heavy atom. The highest BCUT2D eigenvalue weighted by Crippen LogP contribution is 2.23. The van der Waals surface area contributed by atoms with Gasteiger partial charge in [0.15, 0.2) is 0 Å². The molecule has 0 aliphatic rings. The minimum absolute atomic E-state index is 0.0517. The van der Waals surface area contributed by atoms with Gasteiger partial charge >= 0.3 is 6.18 Å². The molecule has 0 atom stereocenters. The Balaban J connectivity index is 2.29. The fraction of sp³-hybridized carbons (Fsp3) is 0.400. The van der Waals surface area contributed by atoms with E-state index in [0.29, 0.717) is 10.6 Å². The minimum Gasteiger partial charge on any atom is -0.347 e. The normalized spacial score (nSPS) is 11.3. The molecule has 0 saturated carbocycles. The number of carbonyl (C=O) groups is 2. The van der Waals surface area contributed by atoms with Gasteiger partial charge in [-0.05, 0) is 18.6 Å². The first-order valence-electron chi connectivity index (χ1n) is 9.36. The van der Waals surface area contributed by atoms with Crippen LogP contribution < -0.4 is 10.9 Å². The van der Waals surface area contributed by atoms with E-state index in [1.165, 1.54) is 25.1 Å². The number of halogens is 4. The van der Waals surface area contributed by atoms with Crippen LogP contribution >= 0.6 is 11.6 Å². The number of alkyl halides is 3. The van der Waals surface area contributed by atoms with Gasteiger partial charge in [0, 0.05) is 43.6 Å². The molecule has 168 valence electrons. The van der Waals surface area contributed by atoms with Gasteiger partial charge in [-0.1, -0.05) is 23.7 Å². The molecule has 0 aliphatic heterocycles. The van der Waals surface area contributed by atoms with Crippen molar-refractivity contribution in [1.82, 2.24) is 19.8 Å². The molecule has 7 nitrogen and oxygen atoms in total. The second-order valence-corrected chi connectivity index (χ2v) is 7.46. The molecule has 31 heavy (non-hydrogen) atoms. The quantitative estimate of drug-likeness (QED) is 0.659. The third-order valence-electron chi connectivity index (χ3n) is 4.33. The fourth-order valence-electron chi connectivity index (χ4n) is 2.66. The second-order valence-electron chi connectivity index (χ2n) is 7.02. The third kappa shape index (κ3) is 7.71. The van der Waals surface area contributed by atoms with E-state index in [-0.39, 0.29) is 36.8 Å². The number of hydrogen-bond acceptors (Lipinski definition) is 4. The van der Waals surface area contributed by atoms with Crippen LogP contribution in [0.5, 0.6) is 0 Å². The summed E-state index contributed by atoms with van der Waals surface area (Å²) >= 11 is 5.86. The molecule has 2 rings (SSSR count). The third-order valence-corrected chi connectivity index (χ3v) is 4.58. The number of likely N-dealkylation sites (N-methyl/N-ethyl adjacent to an activating group) is 1. The van der Waals surface area contributed by atoms with Gasteiger partial charge in [0.2, 0.25) is 11.8 Å². The molecule has 0 radical (unpaired) electrons. The summed E-state index contributed by atoms with van der Waals surface area (Å²) in [6.07, 6.45) is -5.83. The Labute approximate surface area is 181 Å². The van der Waals surface area contributed by atoms with Crippen molar-refractivity contribution in [1.29, 1.82) is 0 Å². The van der Waals surface area contributed by atoms with Crippen LogP contribution in [0.15, 0.2) is 35.1 Å². The second kappa shape index (κ2) is 10.4. The summed E-state index contributed by atoms with van der Waals surface area (Å²) in [4.78, 5) is 42.1. The predicted molar refractivity (Wildman–Crippen MR) is 110 cm³/mol. The van der Waals surface area contributed by atoms with E-state index < -0.39 is 30.6 Å². The van der Waals surface area contributed by atoms with Crippen molar-refractivity contribution in [2.45, 2.75) is 32.0 Å². The van der Waals surface area contributed by atoms with Crippen LogP contribution in [0.3, 0.4) is 0 Å². The summed E-state index contributed by atoms with van der Waals surface area (Å²) in [6.45, 7) is -0.727. The number of aryl methyl sites for hydroxylation is 1. The molecule has 2 aromatic rings. The number of hydrogen-bond donors (Lipinski definition) is 1. The largest absolute Gasteiger partial charge is 0.389 e. The summed E-state index contributed by atoms with van der Waals surface area (Å²) in [7, 11) is 3.05. The van der Waals surface area contributed by atoms with Crippen molar-refractivity contribution in [3.05, 3.63) is 51.5 Å². The molecule has 0 aliphatic carbocycles. The number of rotatable bonds is 8. The van der Waals surface area contributed by atoms with Crippen molar-refractivity contribution < 1.29 is 22.8 Å². The first-order valence-corrected chi connectivity index (χ1v) is 9.74. The highest BCUT2D eigenvalue weighted by atomic mass is 35.5. The Bertz CT molecular complexity index is 989. The van der Waals surface area contributed by atoms with Gasteiger partial charge in [-0.3, -0.25) is 19.0 Å². The summed E-state index contributed by atoms with van der Waals surface area (Å²) in [6, 6.07) is 7.67. The van der Waals surface area contributed by atoms with Crippen molar-refractivity contribution in [2.75, 3.05) is 20.6 Å². The molecule has 0 unspecified atom stereocenters. The Hall–Kier alpha value is -2.88. The monoisotopic (exact) mass is 458 g/mol. The maximum Gasteiger partial charge on any atom is 0.389 e. The molecule has 0 fully saturated rings. The summed E-state index contributed by atoms with van der Waals surface area (Å²) in [5, 5.41) is 2.87. The van der Waals surface area contributed by atoms with Crippen LogP contribution in [0.1, 0.15) is 18.7 Å². The predicted octanol–water partition coefficient (Wildman–Crippen LogP) is 2.65. The van der Waals surface area contributed by atoms with Gasteiger partial charge in [0.25, 0.3) is 5.56 Å². The average Bonchev–Trinajstić information content (AvgIpc) is 2.67. The molecule has 1 aromatic heterocycles. The maximum absolute atomic E-state index is 12.7. The lowest BCUT2D eigenvalue weighted by atomic mass is 10.1. The lowest BCUT2D eigenvalue weighted by Gasteiger charge is -2.15. The van der Waals surface area contributed by atoms with E-state index in [1.807, 2.05) is 0 Å². The lowest BCUT2D eigenvalue weighted by Crippen LogP contribution is -2.39. The smallest absolute Gasteiger partial charge is 0.347 e. The van der Waals surface area contributed by atoms with Gasteiger partial charge < -0.3 is 10.2 Å². The van der Waals surface area contributed by atoms with Crippen molar-refractivity contribution in [3.63, 3.8) is 0 Å². The average molecular weight is 459 g/mol. The van der Waals surface area contributed by atoms with E-state index in [4.69, 9.17) is 11.6 Å². The fourth-order valence-corrected chi connectivity index (χ4v) is 2.79. The number of amides is 2. The van der Waals surface area contributed by atoms with Gasteiger partial charge in [0.1, 0.15) is 12.4 Å². The highest BCUT2D eigenvalue weighted by Gasteiger charge is 2.26. The zero-order valence-electron chi connectivity index (χ0n) is 17.0. The van der Waals surface area contributed by atoms with Crippen LogP contribution in [-0.2, 0) is 22.6 Å². The molecule has 11 heteroatoms. The van der Waals surface area contributed by atoms with E-state index in [0.717, 1.165) is 4.57 Å². The van der Waals surface area contributed by atoms with E-state index >= 15 is 0 Å². The van der Waals surface area contributed by atoms with Crippen molar-refractivity contribution in [3.8, 4) is 11.3 Å². The highest BCUT2D eigenvalue weighted by molar-refractivity contribution is 6.30. The van der Waals surface area contributed by atoms with E-state index in [9.17, 15) is 27.6 Å². The SMILES string of the molecule is CN(C)C(=O)CNC(=O)Cn1c(CCCC(F)(F)F)nc(-c2ccc(Cl)cc2)cc1=O. The molecule has 2 amide bonds. The number of nitrogens with zero attached hydrogens (tertiary/aromatic N) is 3. The topological polar surface area (TPSA) is 84.3 Å². The van der Waals surface area contributed by atoms with Gasteiger partial charge in [-0.15, -0.1) is 0 Å². The molecule has 1 heterocycles. The van der Waals surface area contributed by atoms with E-state index in [1.54, 1.807) is 24.3 Å². The molecular formula is C20H22ClF3N4O3. The molecule has 1 N–H and O–H groups in total. The van der Waals surface area contributed by atoms with Crippen LogP contribution in [0.2, 0.25) is 5.02 Å². The van der Waals surface area contributed by atoms with Crippen LogP contribution in [0.25, 0.3) is 11.3 Å². The Morgan fingerprint density at radius 1 is 1.19 bits per heavy atom. The Kier molecular flexibility index (Phi) is 8.21. The summed E-state index contributed by atoms with van der Waals surface area (Å²) in [5.74, 6) is -0.923. The maximum atomic E-state index is 12.7. The summed E-state index contributed by atoms with van der Waals surface area (Å²) in [5.41, 5.74) is 0.242. The van der Waals surface area contributed by atoms with Crippen LogP contribution in [0, 0.1) is 0 Å². The molecule has 0 spiro atoms. The zero-order valence-corrected chi connectivity index (χ0v) is 17.8. The van der Waals surface area contributed by atoms with Crippen LogP contribution in [-0.4, -0.2) is 53.1 Å². The molecular weight excluding hydrogens is 437 g/mol. The summed E-state index contributed by atoms with van der Waals surface area (Å²) < 4.78 is 38.7. The first kappa shape index (κ1) is 24.4. The standard InChI is InChI=1S/C20H22ClF3N4O3/c1-27(2)19(31)11-25-17(29)12-28-16(4-3-9-20(22,23)24)26-15(10-18(28)30)13-5-7-14(21)8-6-13/h5-8,10H,3-4,9,11-12H2,1-2H3,(H,25,29). The minimum atomic E-state index is -4.34.